The molecule has 2 aromatic heterocycles. The fourth-order valence-electron chi connectivity index (χ4n) is 3.00. The van der Waals surface area contributed by atoms with Crippen LogP contribution in [0, 0.1) is 10.1 Å². The van der Waals surface area contributed by atoms with Crippen molar-refractivity contribution in [2.75, 3.05) is 6.54 Å². The molecule has 0 amide bonds. The normalized spacial score (nSPS) is 14.2. The molecule has 0 saturated heterocycles. The average Bonchev–Trinajstić information content (AvgIpc) is 3.27. The number of para-hydroxylation sites is 1. The number of hydrogen-bond acceptors (Lipinski definition) is 7. The standard InChI is InChI=1S/C17H17N5O6S/c23-17-20(19-16(14-5-3-11-28-14)21(17)12-7-8-12)10-9-18-29(26,27)15-6-2-1-4-13(15)22(24)25/h1-6,11-12,18H,7-10H2. The van der Waals surface area contributed by atoms with Crippen molar-refractivity contribution < 1.29 is 17.8 Å². The molecule has 0 spiro atoms. The molecule has 29 heavy (non-hydrogen) atoms. The van der Waals surface area contributed by atoms with Crippen LogP contribution >= 0.6 is 0 Å². The Morgan fingerprint density at radius 2 is 2.00 bits per heavy atom. The summed E-state index contributed by atoms with van der Waals surface area (Å²) in [4.78, 5) is 22.6. The van der Waals surface area contributed by atoms with Gasteiger partial charge in [0.25, 0.3) is 5.69 Å². The van der Waals surface area contributed by atoms with Crippen LogP contribution in [0.5, 0.6) is 0 Å². The Bertz CT molecular complexity index is 1210. The molecule has 1 aromatic carbocycles. The summed E-state index contributed by atoms with van der Waals surface area (Å²) in [7, 11) is -4.13. The van der Waals surface area contributed by atoms with Crippen molar-refractivity contribution in [3.63, 3.8) is 0 Å². The summed E-state index contributed by atoms with van der Waals surface area (Å²) in [6.45, 7) is -0.195. The van der Waals surface area contributed by atoms with Crippen LogP contribution in [-0.4, -0.2) is 34.2 Å². The first-order valence-electron chi connectivity index (χ1n) is 8.85. The molecule has 11 nitrogen and oxygen atoms in total. The van der Waals surface area contributed by atoms with Crippen LogP contribution in [0.1, 0.15) is 18.9 Å². The second-order valence-corrected chi connectivity index (χ2v) is 8.27. The SMILES string of the molecule is O=c1n(CCNS(=O)(=O)c2ccccc2[N+](=O)[O-])nc(-c2ccco2)n1C1CC1. The van der Waals surface area contributed by atoms with Gasteiger partial charge in [-0.15, -0.1) is 5.10 Å². The lowest BCUT2D eigenvalue weighted by molar-refractivity contribution is -0.387. The van der Waals surface area contributed by atoms with Gasteiger partial charge in [-0.3, -0.25) is 14.7 Å². The lowest BCUT2D eigenvalue weighted by Crippen LogP contribution is -2.32. The predicted molar refractivity (Wildman–Crippen MR) is 101 cm³/mol. The topological polar surface area (TPSA) is 142 Å². The molecule has 0 aliphatic heterocycles. The van der Waals surface area contributed by atoms with Crippen molar-refractivity contribution >= 4 is 15.7 Å². The summed E-state index contributed by atoms with van der Waals surface area (Å²) in [5.41, 5.74) is -0.876. The highest BCUT2D eigenvalue weighted by molar-refractivity contribution is 7.89. The van der Waals surface area contributed by atoms with E-state index >= 15 is 0 Å². The third kappa shape index (κ3) is 3.71. The average molecular weight is 419 g/mol. The maximum Gasteiger partial charge on any atom is 0.346 e. The van der Waals surface area contributed by atoms with Gasteiger partial charge in [-0.25, -0.2) is 22.6 Å². The third-order valence-corrected chi connectivity index (χ3v) is 6.00. The number of nitro benzene ring substituents is 1. The number of furan rings is 1. The minimum Gasteiger partial charge on any atom is -0.461 e. The van der Waals surface area contributed by atoms with Gasteiger partial charge in [-0.05, 0) is 31.0 Å². The van der Waals surface area contributed by atoms with Crippen molar-refractivity contribution in [1.29, 1.82) is 0 Å². The maximum atomic E-state index is 12.7. The van der Waals surface area contributed by atoms with E-state index in [2.05, 4.69) is 9.82 Å². The molecule has 1 saturated carbocycles. The first kappa shape index (κ1) is 19.1. The van der Waals surface area contributed by atoms with Gasteiger partial charge in [0.2, 0.25) is 15.8 Å². The zero-order chi connectivity index (χ0) is 20.6. The summed E-state index contributed by atoms with van der Waals surface area (Å²) < 4.78 is 35.3. The monoisotopic (exact) mass is 419 g/mol. The van der Waals surface area contributed by atoms with E-state index in [0.29, 0.717) is 11.6 Å². The third-order valence-electron chi connectivity index (χ3n) is 4.49. The van der Waals surface area contributed by atoms with Crippen molar-refractivity contribution in [2.45, 2.75) is 30.3 Å². The molecule has 1 fully saturated rings. The van der Waals surface area contributed by atoms with Crippen LogP contribution in [0.3, 0.4) is 0 Å². The lowest BCUT2D eigenvalue weighted by Gasteiger charge is -2.07. The van der Waals surface area contributed by atoms with Gasteiger partial charge < -0.3 is 4.42 Å². The van der Waals surface area contributed by atoms with Gasteiger partial charge in [-0.1, -0.05) is 12.1 Å². The summed E-state index contributed by atoms with van der Waals surface area (Å²) in [5, 5.41) is 15.4. The zero-order valence-electron chi connectivity index (χ0n) is 15.1. The van der Waals surface area contributed by atoms with Crippen LogP contribution in [-0.2, 0) is 16.6 Å². The van der Waals surface area contributed by atoms with E-state index < -0.39 is 25.5 Å². The van der Waals surface area contributed by atoms with E-state index in [1.807, 2.05) is 0 Å². The Hall–Kier alpha value is -3.25. The molecule has 1 N–H and O–H groups in total. The van der Waals surface area contributed by atoms with Crippen molar-refractivity contribution in [2.24, 2.45) is 0 Å². The number of benzene rings is 1. The molecule has 0 atom stereocenters. The summed E-state index contributed by atoms with van der Waals surface area (Å²) >= 11 is 0. The van der Waals surface area contributed by atoms with E-state index in [1.165, 1.54) is 18.4 Å². The lowest BCUT2D eigenvalue weighted by atomic mass is 10.3. The predicted octanol–water partition coefficient (Wildman–Crippen LogP) is 1.53. The summed E-state index contributed by atoms with van der Waals surface area (Å²) in [6, 6.07) is 8.51. The number of nitrogens with zero attached hydrogens (tertiary/aromatic N) is 4. The van der Waals surface area contributed by atoms with Crippen LogP contribution in [0.15, 0.2) is 56.8 Å². The largest absolute Gasteiger partial charge is 0.461 e. The Morgan fingerprint density at radius 3 is 2.66 bits per heavy atom. The number of sulfonamides is 1. The molecule has 1 aliphatic carbocycles. The highest BCUT2D eigenvalue weighted by atomic mass is 32.2. The second kappa shape index (κ2) is 7.29. The van der Waals surface area contributed by atoms with Crippen molar-refractivity contribution in [3.05, 3.63) is 63.3 Å². The van der Waals surface area contributed by atoms with Gasteiger partial charge in [-0.2, -0.15) is 0 Å². The van der Waals surface area contributed by atoms with Gasteiger partial charge in [0, 0.05) is 18.7 Å². The molecular weight excluding hydrogens is 402 g/mol. The number of hydrogen-bond donors (Lipinski definition) is 1. The Balaban J connectivity index is 1.54. The van der Waals surface area contributed by atoms with E-state index in [-0.39, 0.29) is 24.8 Å². The molecule has 3 aromatic rings. The van der Waals surface area contributed by atoms with Crippen molar-refractivity contribution in [3.8, 4) is 11.6 Å². The molecule has 2 heterocycles. The molecule has 12 heteroatoms. The minimum atomic E-state index is -4.13. The van der Waals surface area contributed by atoms with Crippen LogP contribution in [0.4, 0.5) is 5.69 Å². The Labute approximate surface area is 164 Å². The molecule has 152 valence electrons. The highest BCUT2D eigenvalue weighted by Crippen LogP contribution is 2.36. The summed E-state index contributed by atoms with van der Waals surface area (Å²) in [5.74, 6) is 0.845. The molecule has 0 radical (unpaired) electrons. The first-order chi connectivity index (χ1) is 13.9. The number of aromatic nitrogens is 3. The Morgan fingerprint density at radius 1 is 1.24 bits per heavy atom. The van der Waals surface area contributed by atoms with E-state index in [9.17, 15) is 23.3 Å². The highest BCUT2D eigenvalue weighted by Gasteiger charge is 2.31. The van der Waals surface area contributed by atoms with Crippen molar-refractivity contribution in [1.82, 2.24) is 19.1 Å². The second-order valence-electron chi connectivity index (χ2n) is 6.53. The minimum absolute atomic E-state index is 0.0356. The van der Waals surface area contributed by atoms with Gasteiger partial charge in [0.05, 0.1) is 17.7 Å². The number of nitrogens with one attached hydrogen (secondary N) is 1. The zero-order valence-corrected chi connectivity index (χ0v) is 15.9. The number of rotatable bonds is 8. The van der Waals surface area contributed by atoms with Gasteiger partial charge in [0.15, 0.2) is 10.7 Å². The molecule has 0 unspecified atom stereocenters. The first-order valence-corrected chi connectivity index (χ1v) is 10.3. The van der Waals surface area contributed by atoms with Crippen LogP contribution < -0.4 is 10.4 Å². The van der Waals surface area contributed by atoms with E-state index in [1.54, 1.807) is 16.7 Å². The van der Waals surface area contributed by atoms with E-state index in [0.717, 1.165) is 29.7 Å². The molecular formula is C17H17N5O6S. The molecule has 0 bridgehead atoms. The number of nitro groups is 1. The van der Waals surface area contributed by atoms with Gasteiger partial charge >= 0.3 is 5.69 Å². The van der Waals surface area contributed by atoms with Crippen LogP contribution in [0.2, 0.25) is 0 Å². The molecule has 1 aliphatic rings. The van der Waals surface area contributed by atoms with Crippen LogP contribution in [0.25, 0.3) is 11.6 Å². The van der Waals surface area contributed by atoms with Gasteiger partial charge in [0.1, 0.15) is 0 Å². The maximum absolute atomic E-state index is 12.7. The molecule has 4 rings (SSSR count). The fourth-order valence-corrected chi connectivity index (χ4v) is 4.19. The smallest absolute Gasteiger partial charge is 0.346 e. The fraction of sp³-hybridized carbons (Fsp3) is 0.294. The van der Waals surface area contributed by atoms with E-state index in [4.69, 9.17) is 4.42 Å². The Kier molecular flexibility index (Phi) is 4.80. The quantitative estimate of drug-likeness (QED) is 0.431. The summed E-state index contributed by atoms with van der Waals surface area (Å²) in [6.07, 6.45) is 3.21.